The highest BCUT2D eigenvalue weighted by molar-refractivity contribution is 7.07. The lowest BCUT2D eigenvalue weighted by molar-refractivity contribution is 0.221. The third-order valence-corrected chi connectivity index (χ3v) is 4.54. The molecule has 1 atom stereocenters. The van der Waals surface area contributed by atoms with Crippen LogP contribution in [0.4, 0.5) is 0 Å². The van der Waals surface area contributed by atoms with Crippen molar-refractivity contribution in [3.8, 4) is 0 Å². The van der Waals surface area contributed by atoms with E-state index in [1.54, 1.807) is 11.3 Å². The molecule has 0 spiro atoms. The second-order valence-electron chi connectivity index (χ2n) is 4.92. The van der Waals surface area contributed by atoms with Crippen LogP contribution >= 0.6 is 11.3 Å². The van der Waals surface area contributed by atoms with Gasteiger partial charge in [-0.05, 0) is 47.1 Å². The monoisotopic (exact) mass is 224 g/mol. The fraction of sp³-hybridized carbons (Fsp3) is 0.667. The van der Waals surface area contributed by atoms with Crippen molar-refractivity contribution in [2.24, 2.45) is 11.3 Å². The van der Waals surface area contributed by atoms with Crippen LogP contribution in [0.5, 0.6) is 0 Å². The number of nitrogens with one attached hydrogen (secondary N) is 1. The molecule has 1 aliphatic carbocycles. The van der Waals surface area contributed by atoms with Gasteiger partial charge < -0.3 is 0 Å². The van der Waals surface area contributed by atoms with Crippen molar-refractivity contribution in [3.63, 3.8) is 0 Å². The summed E-state index contributed by atoms with van der Waals surface area (Å²) in [4.78, 5) is 0. The molecule has 1 fully saturated rings. The fourth-order valence-corrected chi connectivity index (χ4v) is 3.36. The minimum absolute atomic E-state index is 0.399. The minimum Gasteiger partial charge on any atom is -0.271 e. The van der Waals surface area contributed by atoms with Crippen LogP contribution in [-0.2, 0) is 6.42 Å². The van der Waals surface area contributed by atoms with Gasteiger partial charge in [0.15, 0.2) is 0 Å². The van der Waals surface area contributed by atoms with Crippen molar-refractivity contribution in [2.75, 3.05) is 0 Å². The Balaban J connectivity index is 2.03. The van der Waals surface area contributed by atoms with Crippen LogP contribution in [0.3, 0.4) is 0 Å². The summed E-state index contributed by atoms with van der Waals surface area (Å²) in [5, 5.41) is 4.36. The van der Waals surface area contributed by atoms with Gasteiger partial charge in [-0.3, -0.25) is 11.3 Å². The van der Waals surface area contributed by atoms with Crippen LogP contribution in [0.25, 0.3) is 0 Å². The molecule has 1 heterocycles. The number of nitrogens with two attached hydrogens (primary N) is 1. The lowest BCUT2D eigenvalue weighted by Crippen LogP contribution is -2.47. The van der Waals surface area contributed by atoms with Gasteiger partial charge in [-0.1, -0.05) is 19.8 Å². The number of hydrazine groups is 1. The molecular formula is C12H20N2S. The van der Waals surface area contributed by atoms with E-state index in [1.165, 1.54) is 31.2 Å². The van der Waals surface area contributed by atoms with Crippen LogP contribution in [0.15, 0.2) is 16.8 Å². The van der Waals surface area contributed by atoms with Gasteiger partial charge in [0.25, 0.3) is 0 Å². The van der Waals surface area contributed by atoms with Crippen LogP contribution in [0.2, 0.25) is 0 Å². The lowest BCUT2D eigenvalue weighted by atomic mass is 9.78. The van der Waals surface area contributed by atoms with Crippen molar-refractivity contribution in [2.45, 2.75) is 45.1 Å². The topological polar surface area (TPSA) is 38.0 Å². The summed E-state index contributed by atoms with van der Waals surface area (Å²) in [6, 6.07) is 2.63. The van der Waals surface area contributed by atoms with E-state index >= 15 is 0 Å². The predicted octanol–water partition coefficient (Wildman–Crippen LogP) is 2.70. The van der Waals surface area contributed by atoms with Crippen LogP contribution in [0, 0.1) is 5.41 Å². The van der Waals surface area contributed by atoms with Crippen molar-refractivity contribution in [1.29, 1.82) is 0 Å². The van der Waals surface area contributed by atoms with Gasteiger partial charge in [0.05, 0.1) is 0 Å². The third-order valence-electron chi connectivity index (χ3n) is 3.81. The summed E-state index contributed by atoms with van der Waals surface area (Å²) in [5.41, 5.74) is 4.84. The number of hydrogen-bond acceptors (Lipinski definition) is 3. The Labute approximate surface area is 95.8 Å². The first kappa shape index (κ1) is 11.1. The van der Waals surface area contributed by atoms with E-state index in [0.717, 1.165) is 6.42 Å². The fourth-order valence-electron chi connectivity index (χ4n) is 2.68. The molecule has 0 aromatic carbocycles. The van der Waals surface area contributed by atoms with E-state index in [9.17, 15) is 0 Å². The van der Waals surface area contributed by atoms with Gasteiger partial charge in [-0.2, -0.15) is 11.3 Å². The maximum Gasteiger partial charge on any atom is 0.0304 e. The maximum absolute atomic E-state index is 5.71. The van der Waals surface area contributed by atoms with E-state index in [-0.39, 0.29) is 0 Å². The molecule has 1 aromatic rings. The van der Waals surface area contributed by atoms with Gasteiger partial charge in [0.2, 0.25) is 0 Å². The molecule has 2 nitrogen and oxygen atoms in total. The van der Waals surface area contributed by atoms with E-state index in [2.05, 4.69) is 29.2 Å². The average Bonchev–Trinajstić information content (AvgIpc) is 2.85. The van der Waals surface area contributed by atoms with E-state index in [4.69, 9.17) is 5.84 Å². The van der Waals surface area contributed by atoms with Crippen molar-refractivity contribution >= 4 is 11.3 Å². The van der Waals surface area contributed by atoms with Gasteiger partial charge in [-0.15, -0.1) is 0 Å². The summed E-state index contributed by atoms with van der Waals surface area (Å²) < 4.78 is 0. The molecule has 0 amide bonds. The molecule has 2 rings (SSSR count). The Morgan fingerprint density at radius 3 is 2.80 bits per heavy atom. The van der Waals surface area contributed by atoms with Crippen molar-refractivity contribution < 1.29 is 0 Å². The molecule has 15 heavy (non-hydrogen) atoms. The van der Waals surface area contributed by atoms with Gasteiger partial charge >= 0.3 is 0 Å². The first-order valence-corrected chi connectivity index (χ1v) is 6.66. The normalized spacial score (nSPS) is 21.7. The van der Waals surface area contributed by atoms with Crippen LogP contribution in [0.1, 0.15) is 38.2 Å². The summed E-state index contributed by atoms with van der Waals surface area (Å²) in [5.74, 6) is 5.71. The zero-order chi connectivity index (χ0) is 10.7. The Hall–Kier alpha value is -0.380. The molecule has 1 aliphatic rings. The highest BCUT2D eigenvalue weighted by Crippen LogP contribution is 2.41. The van der Waals surface area contributed by atoms with Crippen LogP contribution in [-0.4, -0.2) is 6.04 Å². The van der Waals surface area contributed by atoms with Crippen molar-refractivity contribution in [1.82, 2.24) is 5.43 Å². The molecule has 0 radical (unpaired) electrons. The molecule has 0 aliphatic heterocycles. The standard InChI is InChI=1S/C12H20N2S/c1-12(5-2-3-6-12)11(14-13)8-10-4-7-15-9-10/h4,7,9,11,14H,2-3,5-6,8,13H2,1H3. The third kappa shape index (κ3) is 2.41. The number of thiophene rings is 1. The van der Waals surface area contributed by atoms with Gasteiger partial charge in [0, 0.05) is 6.04 Å². The van der Waals surface area contributed by atoms with E-state index < -0.39 is 0 Å². The summed E-state index contributed by atoms with van der Waals surface area (Å²) in [7, 11) is 0. The smallest absolute Gasteiger partial charge is 0.0304 e. The Kier molecular flexibility index (Phi) is 3.44. The molecule has 3 N–H and O–H groups in total. The first-order chi connectivity index (χ1) is 7.24. The molecule has 1 aromatic heterocycles. The average molecular weight is 224 g/mol. The first-order valence-electron chi connectivity index (χ1n) is 5.72. The van der Waals surface area contributed by atoms with E-state index in [0.29, 0.717) is 11.5 Å². The number of rotatable bonds is 4. The molecule has 1 saturated carbocycles. The molecular weight excluding hydrogens is 204 g/mol. The highest BCUT2D eigenvalue weighted by atomic mass is 32.1. The highest BCUT2D eigenvalue weighted by Gasteiger charge is 2.36. The molecule has 0 bridgehead atoms. The molecule has 84 valence electrons. The van der Waals surface area contributed by atoms with Crippen molar-refractivity contribution in [3.05, 3.63) is 22.4 Å². The van der Waals surface area contributed by atoms with E-state index in [1.807, 2.05) is 0 Å². The summed E-state index contributed by atoms with van der Waals surface area (Å²) >= 11 is 1.76. The largest absolute Gasteiger partial charge is 0.271 e. The molecule has 0 saturated heterocycles. The Morgan fingerprint density at radius 2 is 2.27 bits per heavy atom. The zero-order valence-electron chi connectivity index (χ0n) is 9.33. The maximum atomic E-state index is 5.71. The van der Waals surface area contributed by atoms with Crippen LogP contribution < -0.4 is 11.3 Å². The molecule has 3 heteroatoms. The lowest BCUT2D eigenvalue weighted by Gasteiger charge is -2.33. The second kappa shape index (κ2) is 4.64. The van der Waals surface area contributed by atoms with Gasteiger partial charge in [-0.25, -0.2) is 0 Å². The summed E-state index contributed by atoms with van der Waals surface area (Å²) in [6.45, 7) is 2.37. The summed E-state index contributed by atoms with van der Waals surface area (Å²) in [6.07, 6.45) is 6.41. The quantitative estimate of drug-likeness (QED) is 0.609. The minimum atomic E-state index is 0.399. The van der Waals surface area contributed by atoms with Gasteiger partial charge in [0.1, 0.15) is 0 Å². The Morgan fingerprint density at radius 1 is 1.53 bits per heavy atom. The predicted molar refractivity (Wildman–Crippen MR) is 65.7 cm³/mol. The number of hydrogen-bond donors (Lipinski definition) is 2. The SMILES string of the molecule is CC1(C(Cc2ccsc2)NN)CCCC1. The zero-order valence-corrected chi connectivity index (χ0v) is 10.1. The Bertz CT molecular complexity index is 289. The second-order valence-corrected chi connectivity index (χ2v) is 5.70. The molecule has 1 unspecified atom stereocenters.